The molecule has 3 rings (SSSR count). The van der Waals surface area contributed by atoms with Crippen molar-refractivity contribution in [1.82, 2.24) is 4.57 Å². The predicted octanol–water partition coefficient (Wildman–Crippen LogP) is 4.28. The number of nitrogens with one attached hydrogen (secondary N) is 1. The molecular formula is C21H21ClN2O2. The fraction of sp³-hybridized carbons (Fsp3) is 0.190. The average Bonchev–Trinajstić information content (AvgIpc) is 2.66. The van der Waals surface area contributed by atoms with Crippen molar-refractivity contribution in [3.8, 4) is 11.1 Å². The monoisotopic (exact) mass is 368 g/mol. The van der Waals surface area contributed by atoms with E-state index >= 15 is 0 Å². The average molecular weight is 369 g/mol. The molecule has 26 heavy (non-hydrogen) atoms. The van der Waals surface area contributed by atoms with Crippen LogP contribution < -0.4 is 10.9 Å². The summed E-state index contributed by atoms with van der Waals surface area (Å²) in [6, 6.07) is 19.1. The van der Waals surface area contributed by atoms with Crippen molar-refractivity contribution in [3.05, 3.63) is 87.8 Å². The third-order valence-corrected chi connectivity index (χ3v) is 4.36. The second kappa shape index (κ2) is 8.70. The zero-order valence-electron chi connectivity index (χ0n) is 14.6. The minimum atomic E-state index is -0.0263. The van der Waals surface area contributed by atoms with Crippen LogP contribution in [0.3, 0.4) is 0 Å². The van der Waals surface area contributed by atoms with Crippen LogP contribution in [0.2, 0.25) is 5.02 Å². The summed E-state index contributed by atoms with van der Waals surface area (Å²) in [5, 5.41) is 3.98. The van der Waals surface area contributed by atoms with Crippen LogP contribution in [-0.2, 0) is 11.3 Å². The van der Waals surface area contributed by atoms with Crippen LogP contribution in [0, 0.1) is 0 Å². The van der Waals surface area contributed by atoms with Gasteiger partial charge in [0.15, 0.2) is 0 Å². The van der Waals surface area contributed by atoms with Gasteiger partial charge in [-0.2, -0.15) is 0 Å². The van der Waals surface area contributed by atoms with E-state index in [4.69, 9.17) is 16.3 Å². The van der Waals surface area contributed by atoms with Gasteiger partial charge in [0.2, 0.25) is 0 Å². The highest BCUT2D eigenvalue weighted by Crippen LogP contribution is 2.21. The Labute approximate surface area is 158 Å². The smallest absolute Gasteiger partial charge is 0.250 e. The van der Waals surface area contributed by atoms with Gasteiger partial charge in [0.25, 0.3) is 5.56 Å². The number of rotatable bonds is 7. The zero-order chi connectivity index (χ0) is 18.4. The first-order valence-corrected chi connectivity index (χ1v) is 8.82. The molecule has 0 bridgehead atoms. The number of hydrogen-bond acceptors (Lipinski definition) is 3. The molecule has 1 aromatic heterocycles. The lowest BCUT2D eigenvalue weighted by atomic mass is 10.1. The Hall–Kier alpha value is -2.56. The molecule has 0 aliphatic rings. The quantitative estimate of drug-likeness (QED) is 0.633. The van der Waals surface area contributed by atoms with Crippen LogP contribution in [0.5, 0.6) is 0 Å². The molecular weight excluding hydrogens is 348 g/mol. The van der Waals surface area contributed by atoms with E-state index in [2.05, 4.69) is 5.32 Å². The highest BCUT2D eigenvalue weighted by Gasteiger charge is 2.03. The molecule has 1 heterocycles. The summed E-state index contributed by atoms with van der Waals surface area (Å²) in [4.78, 5) is 12.2. The van der Waals surface area contributed by atoms with E-state index in [1.54, 1.807) is 17.7 Å². The summed E-state index contributed by atoms with van der Waals surface area (Å²) in [5.74, 6) is 0. The van der Waals surface area contributed by atoms with Gasteiger partial charge in [-0.1, -0.05) is 35.9 Å². The van der Waals surface area contributed by atoms with E-state index in [1.807, 2.05) is 60.8 Å². The fourth-order valence-corrected chi connectivity index (χ4v) is 2.82. The molecule has 5 heteroatoms. The van der Waals surface area contributed by atoms with E-state index in [1.165, 1.54) is 0 Å². The number of nitrogens with zero attached hydrogens (tertiary/aromatic N) is 1. The third kappa shape index (κ3) is 4.75. The van der Waals surface area contributed by atoms with Gasteiger partial charge >= 0.3 is 0 Å². The molecule has 0 radical (unpaired) electrons. The van der Waals surface area contributed by atoms with E-state index in [0.29, 0.717) is 18.2 Å². The molecule has 0 atom stereocenters. The third-order valence-electron chi connectivity index (χ3n) is 4.10. The second-order valence-corrected chi connectivity index (χ2v) is 6.44. The summed E-state index contributed by atoms with van der Waals surface area (Å²) in [6.45, 7) is 1.94. The summed E-state index contributed by atoms with van der Waals surface area (Å²) in [7, 11) is 1.68. The van der Waals surface area contributed by atoms with E-state index in [-0.39, 0.29) is 5.56 Å². The summed E-state index contributed by atoms with van der Waals surface area (Å²) in [6.07, 6.45) is 1.89. The fourth-order valence-electron chi connectivity index (χ4n) is 2.69. The molecule has 0 aliphatic carbocycles. The molecule has 2 aromatic carbocycles. The Morgan fingerprint density at radius 1 is 0.962 bits per heavy atom. The van der Waals surface area contributed by atoms with Crippen LogP contribution in [0.4, 0.5) is 5.69 Å². The molecule has 4 nitrogen and oxygen atoms in total. The molecule has 0 spiro atoms. The van der Waals surface area contributed by atoms with Crippen LogP contribution in [-0.4, -0.2) is 24.8 Å². The predicted molar refractivity (Wildman–Crippen MR) is 107 cm³/mol. The Kier molecular flexibility index (Phi) is 6.10. The minimum Gasteiger partial charge on any atom is -0.383 e. The second-order valence-electron chi connectivity index (χ2n) is 6.01. The molecule has 134 valence electrons. The van der Waals surface area contributed by atoms with Crippen LogP contribution in [0.15, 0.2) is 71.7 Å². The zero-order valence-corrected chi connectivity index (χ0v) is 15.4. The van der Waals surface area contributed by atoms with Crippen LogP contribution >= 0.6 is 11.6 Å². The maximum Gasteiger partial charge on any atom is 0.250 e. The SMILES string of the molecule is COCCNc1ccc(-c2ccc(=O)n(Cc3ccc(Cl)cc3)c2)cc1. The normalized spacial score (nSPS) is 10.7. The van der Waals surface area contributed by atoms with E-state index in [9.17, 15) is 4.79 Å². The van der Waals surface area contributed by atoms with Crippen LogP contribution in [0.25, 0.3) is 11.1 Å². The Balaban J connectivity index is 1.78. The Morgan fingerprint density at radius 2 is 1.65 bits per heavy atom. The molecule has 0 saturated carbocycles. The van der Waals surface area contributed by atoms with Crippen LogP contribution in [0.1, 0.15) is 5.56 Å². The molecule has 0 aliphatic heterocycles. The number of anilines is 1. The maximum absolute atomic E-state index is 12.2. The van der Waals surface area contributed by atoms with Gasteiger partial charge in [-0.25, -0.2) is 0 Å². The molecule has 0 saturated heterocycles. The Bertz CT molecular complexity index is 903. The van der Waals surface area contributed by atoms with Gasteiger partial charge in [0, 0.05) is 36.6 Å². The molecule has 0 fully saturated rings. The standard InChI is InChI=1S/C21H21ClN2O2/c1-26-13-12-23-20-9-4-17(5-10-20)18-6-11-21(25)24(15-18)14-16-2-7-19(22)8-3-16/h2-11,15,23H,12-14H2,1H3. The number of hydrogen-bond donors (Lipinski definition) is 1. The number of aromatic nitrogens is 1. The minimum absolute atomic E-state index is 0.0263. The lowest BCUT2D eigenvalue weighted by Gasteiger charge is -2.10. The van der Waals surface area contributed by atoms with Gasteiger partial charge in [0.1, 0.15) is 0 Å². The van der Waals surface area contributed by atoms with Gasteiger partial charge in [-0.05, 0) is 47.0 Å². The number of benzene rings is 2. The van der Waals surface area contributed by atoms with Gasteiger partial charge in [-0.3, -0.25) is 4.79 Å². The molecule has 1 N–H and O–H groups in total. The number of ether oxygens (including phenoxy) is 1. The van der Waals surface area contributed by atoms with Gasteiger partial charge in [-0.15, -0.1) is 0 Å². The molecule has 0 amide bonds. The highest BCUT2D eigenvalue weighted by molar-refractivity contribution is 6.30. The van der Waals surface area contributed by atoms with E-state index in [0.717, 1.165) is 28.9 Å². The number of halogens is 1. The maximum atomic E-state index is 12.2. The van der Waals surface area contributed by atoms with Crippen molar-refractivity contribution in [2.45, 2.75) is 6.54 Å². The van der Waals surface area contributed by atoms with Crippen molar-refractivity contribution in [2.75, 3.05) is 25.6 Å². The first-order valence-electron chi connectivity index (χ1n) is 8.44. The van der Waals surface area contributed by atoms with Crippen molar-refractivity contribution in [2.24, 2.45) is 0 Å². The number of pyridine rings is 1. The lowest BCUT2D eigenvalue weighted by molar-refractivity contribution is 0.211. The van der Waals surface area contributed by atoms with Gasteiger partial charge < -0.3 is 14.6 Å². The summed E-state index contributed by atoms with van der Waals surface area (Å²) in [5.41, 5.74) is 4.11. The van der Waals surface area contributed by atoms with E-state index < -0.39 is 0 Å². The summed E-state index contributed by atoms with van der Waals surface area (Å²) < 4.78 is 6.75. The Morgan fingerprint density at radius 3 is 2.35 bits per heavy atom. The van der Waals surface area contributed by atoms with Crippen molar-refractivity contribution in [3.63, 3.8) is 0 Å². The first-order chi connectivity index (χ1) is 12.7. The van der Waals surface area contributed by atoms with Gasteiger partial charge in [0.05, 0.1) is 13.2 Å². The summed E-state index contributed by atoms with van der Waals surface area (Å²) >= 11 is 5.92. The first kappa shape index (κ1) is 18.2. The lowest BCUT2D eigenvalue weighted by Crippen LogP contribution is -2.19. The molecule has 0 unspecified atom stereocenters. The van der Waals surface area contributed by atoms with Crippen molar-refractivity contribution >= 4 is 17.3 Å². The highest BCUT2D eigenvalue weighted by atomic mass is 35.5. The topological polar surface area (TPSA) is 43.3 Å². The number of methoxy groups -OCH3 is 1. The molecule has 3 aromatic rings. The van der Waals surface area contributed by atoms with Crippen molar-refractivity contribution < 1.29 is 4.74 Å². The van der Waals surface area contributed by atoms with Crippen molar-refractivity contribution in [1.29, 1.82) is 0 Å². The largest absolute Gasteiger partial charge is 0.383 e.